The lowest BCUT2D eigenvalue weighted by Crippen LogP contribution is -2.40. The smallest absolute Gasteiger partial charge is 0.123 e. The molecular weight excluding hydrogens is 278 g/mol. The van der Waals surface area contributed by atoms with Gasteiger partial charge in [0.05, 0.1) is 0 Å². The summed E-state index contributed by atoms with van der Waals surface area (Å²) in [5.74, 6) is 1.09. The van der Waals surface area contributed by atoms with Crippen molar-refractivity contribution in [1.82, 2.24) is 4.90 Å². The summed E-state index contributed by atoms with van der Waals surface area (Å²) in [6.45, 7) is 3.48. The normalized spacial score (nSPS) is 25.6. The van der Waals surface area contributed by atoms with E-state index in [1.54, 1.807) is 0 Å². The van der Waals surface area contributed by atoms with Gasteiger partial charge in [0, 0.05) is 17.8 Å². The largest absolute Gasteiger partial charge is 0.488 e. The van der Waals surface area contributed by atoms with E-state index in [0.29, 0.717) is 6.10 Å². The second-order valence-corrected chi connectivity index (χ2v) is 6.32. The topological polar surface area (TPSA) is 12.5 Å². The molecule has 1 aromatic rings. The van der Waals surface area contributed by atoms with Crippen LogP contribution in [0, 0.1) is 0 Å². The molecule has 1 fully saturated rings. The molecule has 3 rings (SSSR count). The summed E-state index contributed by atoms with van der Waals surface area (Å²) < 4.78 is 5.98. The average molecular weight is 296 g/mol. The van der Waals surface area contributed by atoms with Crippen LogP contribution in [0.15, 0.2) is 24.3 Å². The Labute approximate surface area is 111 Å². The van der Waals surface area contributed by atoms with Gasteiger partial charge in [0.1, 0.15) is 11.9 Å². The predicted octanol–water partition coefficient (Wildman–Crippen LogP) is 2.85. The molecule has 2 heterocycles. The number of piperidine rings is 1. The Bertz CT molecular complexity index is 363. The molecular formula is C14H18BrNO. The zero-order valence-electron chi connectivity index (χ0n) is 9.94. The van der Waals surface area contributed by atoms with E-state index in [1.807, 2.05) is 0 Å². The van der Waals surface area contributed by atoms with E-state index in [-0.39, 0.29) is 0 Å². The number of likely N-dealkylation sites (tertiary alicyclic amines) is 1. The third-order valence-electron chi connectivity index (χ3n) is 3.69. The second-order valence-electron chi connectivity index (χ2n) is 5.03. The molecule has 92 valence electrons. The number of benzene rings is 1. The number of hydrogen-bond acceptors (Lipinski definition) is 2. The van der Waals surface area contributed by atoms with Gasteiger partial charge in [-0.25, -0.2) is 0 Å². The summed E-state index contributed by atoms with van der Waals surface area (Å²) in [4.78, 5) is 3.26. The van der Waals surface area contributed by atoms with Crippen LogP contribution < -0.4 is 4.74 Å². The first-order valence-corrected chi connectivity index (χ1v) is 7.34. The fourth-order valence-electron chi connectivity index (χ4n) is 2.73. The maximum Gasteiger partial charge on any atom is 0.123 e. The van der Waals surface area contributed by atoms with Crippen LogP contribution in [0.1, 0.15) is 18.4 Å². The monoisotopic (exact) mass is 295 g/mol. The van der Waals surface area contributed by atoms with Gasteiger partial charge in [0.2, 0.25) is 0 Å². The van der Waals surface area contributed by atoms with Crippen LogP contribution in [0.4, 0.5) is 0 Å². The molecule has 0 aromatic heterocycles. The number of hydrogen-bond donors (Lipinski definition) is 0. The summed E-state index contributed by atoms with van der Waals surface area (Å²) in [7, 11) is 0. The Kier molecular flexibility index (Phi) is 3.39. The molecule has 0 radical (unpaired) electrons. The maximum absolute atomic E-state index is 5.98. The van der Waals surface area contributed by atoms with Crippen molar-refractivity contribution in [2.75, 3.05) is 19.6 Å². The molecule has 0 amide bonds. The minimum atomic E-state index is 0.360. The van der Waals surface area contributed by atoms with E-state index in [1.165, 1.54) is 31.5 Å². The van der Waals surface area contributed by atoms with E-state index >= 15 is 0 Å². The molecule has 0 saturated carbocycles. The van der Waals surface area contributed by atoms with Crippen molar-refractivity contribution in [2.24, 2.45) is 0 Å². The van der Waals surface area contributed by atoms with Gasteiger partial charge in [-0.15, -0.1) is 0 Å². The van der Waals surface area contributed by atoms with Gasteiger partial charge in [0.15, 0.2) is 0 Å². The molecule has 0 aliphatic carbocycles. The number of rotatable bonds is 2. The molecule has 17 heavy (non-hydrogen) atoms. The van der Waals surface area contributed by atoms with Crippen LogP contribution in [0.5, 0.6) is 5.75 Å². The number of para-hydroxylation sites is 1. The van der Waals surface area contributed by atoms with Crippen molar-refractivity contribution >= 4 is 15.9 Å². The Morgan fingerprint density at radius 2 is 2.00 bits per heavy atom. The van der Waals surface area contributed by atoms with Crippen molar-refractivity contribution in [2.45, 2.75) is 30.2 Å². The number of ether oxygens (including phenoxy) is 1. The Morgan fingerprint density at radius 1 is 1.24 bits per heavy atom. The molecule has 3 heteroatoms. The SMILES string of the molecule is BrC1CCN(CC2Cc3ccccc3O2)CC1. The lowest BCUT2D eigenvalue weighted by Gasteiger charge is -2.31. The van der Waals surface area contributed by atoms with Crippen molar-refractivity contribution in [3.8, 4) is 5.75 Å². The van der Waals surface area contributed by atoms with E-state index in [4.69, 9.17) is 4.74 Å². The Balaban J connectivity index is 1.55. The quantitative estimate of drug-likeness (QED) is 0.778. The van der Waals surface area contributed by atoms with Crippen LogP contribution in [-0.4, -0.2) is 35.5 Å². The van der Waals surface area contributed by atoms with Crippen molar-refractivity contribution in [1.29, 1.82) is 0 Å². The first-order valence-electron chi connectivity index (χ1n) is 6.42. The molecule has 2 nitrogen and oxygen atoms in total. The number of alkyl halides is 1. The third kappa shape index (κ3) is 2.66. The molecule has 0 N–H and O–H groups in total. The summed E-state index contributed by atoms with van der Waals surface area (Å²) in [6.07, 6.45) is 3.96. The minimum Gasteiger partial charge on any atom is -0.488 e. The zero-order chi connectivity index (χ0) is 11.7. The van der Waals surface area contributed by atoms with E-state index < -0.39 is 0 Å². The molecule has 2 aliphatic heterocycles. The Morgan fingerprint density at radius 3 is 2.76 bits per heavy atom. The van der Waals surface area contributed by atoms with E-state index in [0.717, 1.165) is 23.5 Å². The van der Waals surface area contributed by atoms with Gasteiger partial charge in [-0.2, -0.15) is 0 Å². The summed E-state index contributed by atoms with van der Waals surface area (Å²) in [5, 5.41) is 0. The number of nitrogens with zero attached hydrogens (tertiary/aromatic N) is 1. The van der Waals surface area contributed by atoms with Crippen molar-refractivity contribution in [3.63, 3.8) is 0 Å². The lowest BCUT2D eigenvalue weighted by atomic mass is 10.1. The number of fused-ring (bicyclic) bond motifs is 1. The molecule has 1 saturated heterocycles. The van der Waals surface area contributed by atoms with Crippen LogP contribution in [0.2, 0.25) is 0 Å². The minimum absolute atomic E-state index is 0.360. The van der Waals surface area contributed by atoms with Gasteiger partial charge in [0.25, 0.3) is 0 Å². The fourth-order valence-corrected chi connectivity index (χ4v) is 3.14. The van der Waals surface area contributed by atoms with Gasteiger partial charge in [-0.1, -0.05) is 34.1 Å². The zero-order valence-corrected chi connectivity index (χ0v) is 11.5. The molecule has 1 atom stereocenters. The molecule has 1 unspecified atom stereocenters. The summed E-state index contributed by atoms with van der Waals surface area (Å²) >= 11 is 3.69. The van der Waals surface area contributed by atoms with Gasteiger partial charge in [-0.05, 0) is 37.6 Å². The standard InChI is InChI=1S/C14H18BrNO/c15-12-5-7-16(8-6-12)10-13-9-11-3-1-2-4-14(11)17-13/h1-4,12-13H,5-10H2. The number of halogens is 1. The Hall–Kier alpha value is -0.540. The highest BCUT2D eigenvalue weighted by atomic mass is 79.9. The average Bonchev–Trinajstić information content (AvgIpc) is 2.74. The molecule has 1 aromatic carbocycles. The maximum atomic E-state index is 5.98. The summed E-state index contributed by atoms with van der Waals surface area (Å²) in [6, 6.07) is 8.42. The summed E-state index contributed by atoms with van der Waals surface area (Å²) in [5.41, 5.74) is 1.37. The predicted molar refractivity (Wildman–Crippen MR) is 73.0 cm³/mol. The molecule has 0 bridgehead atoms. The highest BCUT2D eigenvalue weighted by Crippen LogP contribution is 2.29. The van der Waals surface area contributed by atoms with E-state index in [9.17, 15) is 0 Å². The third-order valence-corrected chi connectivity index (χ3v) is 4.61. The molecule has 0 spiro atoms. The highest BCUT2D eigenvalue weighted by molar-refractivity contribution is 9.09. The first kappa shape index (κ1) is 11.5. The van der Waals surface area contributed by atoms with E-state index in [2.05, 4.69) is 45.1 Å². The van der Waals surface area contributed by atoms with Crippen molar-refractivity contribution < 1.29 is 4.74 Å². The van der Waals surface area contributed by atoms with Crippen LogP contribution in [0.25, 0.3) is 0 Å². The second kappa shape index (κ2) is 4.99. The van der Waals surface area contributed by atoms with Gasteiger partial charge in [-0.3, -0.25) is 4.90 Å². The van der Waals surface area contributed by atoms with Gasteiger partial charge >= 0.3 is 0 Å². The highest BCUT2D eigenvalue weighted by Gasteiger charge is 2.26. The first-order chi connectivity index (χ1) is 8.31. The van der Waals surface area contributed by atoms with Crippen LogP contribution >= 0.6 is 15.9 Å². The molecule has 2 aliphatic rings. The lowest BCUT2D eigenvalue weighted by molar-refractivity contribution is 0.136. The fraction of sp³-hybridized carbons (Fsp3) is 0.571. The van der Waals surface area contributed by atoms with Gasteiger partial charge < -0.3 is 4.74 Å². The van der Waals surface area contributed by atoms with Crippen LogP contribution in [0.3, 0.4) is 0 Å². The van der Waals surface area contributed by atoms with Crippen molar-refractivity contribution in [3.05, 3.63) is 29.8 Å². The van der Waals surface area contributed by atoms with Crippen LogP contribution in [-0.2, 0) is 6.42 Å².